The summed E-state index contributed by atoms with van der Waals surface area (Å²) in [4.78, 5) is 22.5. The number of halogens is 1. The lowest BCUT2D eigenvalue weighted by molar-refractivity contribution is -0.384. The van der Waals surface area contributed by atoms with Crippen molar-refractivity contribution in [2.24, 2.45) is 0 Å². The highest BCUT2D eigenvalue weighted by Crippen LogP contribution is 2.29. The lowest BCUT2D eigenvalue weighted by Gasteiger charge is -2.13. The second-order valence-corrected chi connectivity index (χ2v) is 8.54. The van der Waals surface area contributed by atoms with E-state index in [-0.39, 0.29) is 39.9 Å². The molecule has 11 heteroatoms. The topological polar surface area (TPSA) is 120 Å². The fraction of sp³-hybridized carbons (Fsp3) is 0.286. The van der Waals surface area contributed by atoms with Crippen LogP contribution in [0.4, 0.5) is 11.4 Å². The highest BCUT2D eigenvalue weighted by molar-refractivity contribution is 7.99. The molecule has 32 heavy (non-hydrogen) atoms. The van der Waals surface area contributed by atoms with E-state index in [0.29, 0.717) is 5.92 Å². The van der Waals surface area contributed by atoms with Crippen LogP contribution >= 0.6 is 23.4 Å². The fourth-order valence-electron chi connectivity index (χ4n) is 2.77. The average Bonchev–Trinajstić information content (AvgIpc) is 3.20. The first-order chi connectivity index (χ1) is 15.2. The molecule has 168 valence electrons. The molecule has 0 aliphatic heterocycles. The van der Waals surface area contributed by atoms with Crippen LogP contribution in [0.25, 0.3) is 0 Å². The lowest BCUT2D eigenvalue weighted by Crippen LogP contribution is -2.14. The van der Waals surface area contributed by atoms with Crippen molar-refractivity contribution in [2.75, 3.05) is 11.1 Å². The van der Waals surface area contributed by atoms with Gasteiger partial charge in [0.2, 0.25) is 5.91 Å². The van der Waals surface area contributed by atoms with Gasteiger partial charge in [0.05, 0.1) is 21.4 Å². The number of ether oxygens (including phenoxy) is 1. The van der Waals surface area contributed by atoms with Crippen LogP contribution in [0.15, 0.2) is 46.0 Å². The Morgan fingerprint density at radius 2 is 2.06 bits per heavy atom. The maximum atomic E-state index is 12.2. The third-order valence-electron chi connectivity index (χ3n) is 4.35. The molecule has 0 aliphatic carbocycles. The van der Waals surface area contributed by atoms with Crippen molar-refractivity contribution in [3.05, 3.63) is 68.6 Å². The van der Waals surface area contributed by atoms with E-state index >= 15 is 0 Å². The molecule has 0 unspecified atom stereocenters. The molecule has 0 atom stereocenters. The van der Waals surface area contributed by atoms with E-state index in [2.05, 4.69) is 29.4 Å². The van der Waals surface area contributed by atoms with E-state index in [1.165, 1.54) is 18.2 Å². The molecule has 0 saturated carbocycles. The molecule has 0 radical (unpaired) electrons. The largest absolute Gasteiger partial charge is 0.484 e. The number of hydrogen-bond donors (Lipinski definition) is 1. The summed E-state index contributed by atoms with van der Waals surface area (Å²) in [5.74, 6) is 0.885. The van der Waals surface area contributed by atoms with Crippen LogP contribution in [0.1, 0.15) is 36.8 Å². The maximum absolute atomic E-state index is 12.2. The van der Waals surface area contributed by atoms with Gasteiger partial charge in [-0.05, 0) is 36.1 Å². The third kappa shape index (κ3) is 6.21. The van der Waals surface area contributed by atoms with Gasteiger partial charge in [-0.25, -0.2) is 0 Å². The molecule has 3 rings (SSSR count). The SMILES string of the molecule is Cc1ccc(C(C)C)c(OCc2nnc(SCC(=O)Nc3cc([N+](=O)[O-])ccc3Cl)o2)c1. The number of benzene rings is 2. The summed E-state index contributed by atoms with van der Waals surface area (Å²) >= 11 is 7.02. The van der Waals surface area contributed by atoms with Gasteiger partial charge in [0, 0.05) is 12.1 Å². The smallest absolute Gasteiger partial charge is 0.277 e. The average molecular weight is 477 g/mol. The van der Waals surface area contributed by atoms with Crippen molar-refractivity contribution < 1.29 is 18.9 Å². The number of carbonyl (C=O) groups is 1. The number of rotatable bonds is 9. The van der Waals surface area contributed by atoms with Crippen LogP contribution < -0.4 is 10.1 Å². The number of carbonyl (C=O) groups excluding carboxylic acids is 1. The first-order valence-corrected chi connectivity index (χ1v) is 11.0. The highest BCUT2D eigenvalue weighted by Gasteiger charge is 2.15. The molecule has 9 nitrogen and oxygen atoms in total. The van der Waals surface area contributed by atoms with Crippen molar-refractivity contribution in [1.29, 1.82) is 0 Å². The number of non-ortho nitro benzene ring substituents is 1. The molecule has 3 aromatic rings. The second-order valence-electron chi connectivity index (χ2n) is 7.20. The number of aromatic nitrogens is 2. The lowest BCUT2D eigenvalue weighted by atomic mass is 10.0. The van der Waals surface area contributed by atoms with Crippen LogP contribution in [0.3, 0.4) is 0 Å². The molecular formula is C21H21ClN4O5S. The minimum Gasteiger partial charge on any atom is -0.484 e. The molecular weight excluding hydrogens is 456 g/mol. The summed E-state index contributed by atoms with van der Waals surface area (Å²) in [6.45, 7) is 6.27. The number of nitro groups is 1. The Morgan fingerprint density at radius 1 is 1.28 bits per heavy atom. The van der Waals surface area contributed by atoms with E-state index in [9.17, 15) is 14.9 Å². The summed E-state index contributed by atoms with van der Waals surface area (Å²) in [5, 5.41) is 21.7. The Kier molecular flexibility index (Phi) is 7.70. The first kappa shape index (κ1) is 23.6. The Labute approximate surface area is 193 Å². The number of aryl methyl sites for hydroxylation is 1. The predicted molar refractivity (Wildman–Crippen MR) is 121 cm³/mol. The van der Waals surface area contributed by atoms with Crippen molar-refractivity contribution >= 4 is 40.6 Å². The molecule has 0 aliphatic rings. The number of thioether (sulfide) groups is 1. The van der Waals surface area contributed by atoms with Crippen molar-refractivity contribution in [3.8, 4) is 5.75 Å². The second kappa shape index (κ2) is 10.5. The zero-order valence-corrected chi connectivity index (χ0v) is 19.2. The molecule has 0 fully saturated rings. The Morgan fingerprint density at radius 3 is 2.78 bits per heavy atom. The molecule has 0 bridgehead atoms. The zero-order valence-electron chi connectivity index (χ0n) is 17.6. The standard InChI is InChI=1S/C21H21ClN4O5S/c1-12(2)15-6-4-13(3)8-18(15)30-10-20-24-25-21(31-20)32-11-19(27)23-17-9-14(26(28)29)5-7-16(17)22/h4-9,12H,10-11H2,1-3H3,(H,23,27). The van der Waals surface area contributed by atoms with E-state index < -0.39 is 10.8 Å². The molecule has 1 heterocycles. The normalized spacial score (nSPS) is 10.9. The summed E-state index contributed by atoms with van der Waals surface area (Å²) in [7, 11) is 0. The Bertz CT molecular complexity index is 1140. The summed E-state index contributed by atoms with van der Waals surface area (Å²) in [5.41, 5.74) is 2.15. The molecule has 2 aromatic carbocycles. The van der Waals surface area contributed by atoms with Crippen molar-refractivity contribution in [1.82, 2.24) is 10.2 Å². The zero-order chi connectivity index (χ0) is 23.3. The van der Waals surface area contributed by atoms with Gasteiger partial charge >= 0.3 is 0 Å². The number of amides is 1. The highest BCUT2D eigenvalue weighted by atomic mass is 35.5. The Balaban J connectivity index is 1.55. The minimum absolute atomic E-state index is 0.0448. The molecule has 0 spiro atoms. The van der Waals surface area contributed by atoms with Crippen molar-refractivity contribution in [3.63, 3.8) is 0 Å². The van der Waals surface area contributed by atoms with Crippen LogP contribution in [0, 0.1) is 17.0 Å². The van der Waals surface area contributed by atoms with Crippen LogP contribution in [0.5, 0.6) is 5.75 Å². The summed E-state index contributed by atoms with van der Waals surface area (Å²) in [6, 6.07) is 9.85. The van der Waals surface area contributed by atoms with Gasteiger partial charge in [-0.1, -0.05) is 49.3 Å². The van der Waals surface area contributed by atoms with E-state index in [1.54, 1.807) is 0 Å². The quantitative estimate of drug-likeness (QED) is 0.248. The summed E-state index contributed by atoms with van der Waals surface area (Å²) in [6.07, 6.45) is 0. The maximum Gasteiger partial charge on any atom is 0.277 e. The molecule has 1 aromatic heterocycles. The Hall–Kier alpha value is -3.11. The van der Waals surface area contributed by atoms with Gasteiger partial charge in [0.15, 0.2) is 6.61 Å². The molecule has 1 N–H and O–H groups in total. The number of nitro benzene ring substituents is 1. The van der Waals surface area contributed by atoms with Crippen molar-refractivity contribution in [2.45, 2.75) is 38.5 Å². The van der Waals surface area contributed by atoms with E-state index in [4.69, 9.17) is 20.8 Å². The number of anilines is 1. The van der Waals surface area contributed by atoms with Crippen LogP contribution in [0.2, 0.25) is 5.02 Å². The van der Waals surface area contributed by atoms with Gasteiger partial charge in [-0.2, -0.15) is 0 Å². The van der Waals surface area contributed by atoms with Gasteiger partial charge in [-0.3, -0.25) is 14.9 Å². The summed E-state index contributed by atoms with van der Waals surface area (Å²) < 4.78 is 11.4. The van der Waals surface area contributed by atoms with Crippen LogP contribution in [-0.4, -0.2) is 26.8 Å². The van der Waals surface area contributed by atoms with Gasteiger partial charge in [0.25, 0.3) is 16.8 Å². The fourth-order valence-corrected chi connectivity index (χ4v) is 3.52. The predicted octanol–water partition coefficient (Wildman–Crippen LogP) is 5.37. The molecule has 1 amide bonds. The molecule has 0 saturated heterocycles. The number of nitrogens with one attached hydrogen (secondary N) is 1. The number of hydrogen-bond acceptors (Lipinski definition) is 8. The van der Waals surface area contributed by atoms with E-state index in [0.717, 1.165) is 28.6 Å². The number of nitrogens with zero attached hydrogens (tertiary/aromatic N) is 3. The van der Waals surface area contributed by atoms with Gasteiger partial charge < -0.3 is 14.5 Å². The first-order valence-electron chi connectivity index (χ1n) is 9.65. The monoisotopic (exact) mass is 476 g/mol. The minimum atomic E-state index is -0.566. The third-order valence-corrected chi connectivity index (χ3v) is 5.50. The van der Waals surface area contributed by atoms with Crippen LogP contribution in [-0.2, 0) is 11.4 Å². The van der Waals surface area contributed by atoms with Gasteiger partial charge in [-0.15, -0.1) is 10.2 Å². The van der Waals surface area contributed by atoms with Gasteiger partial charge in [0.1, 0.15) is 5.75 Å². The van der Waals surface area contributed by atoms with E-state index in [1.807, 2.05) is 25.1 Å².